The molecule has 0 aliphatic rings. The molecule has 22 heavy (non-hydrogen) atoms. The Hall–Kier alpha value is -2.20. The maximum absolute atomic E-state index is 12.3. The molecular formula is C18H18N2OS. The van der Waals surface area contributed by atoms with Crippen molar-refractivity contribution in [3.05, 3.63) is 58.7 Å². The minimum Gasteiger partial charge on any atom is -0.298 e. The van der Waals surface area contributed by atoms with Gasteiger partial charge in [-0.05, 0) is 61.2 Å². The Bertz CT molecular complexity index is 851. The van der Waals surface area contributed by atoms with Crippen LogP contribution >= 0.6 is 11.3 Å². The zero-order valence-electron chi connectivity index (χ0n) is 12.9. The maximum atomic E-state index is 12.3. The minimum absolute atomic E-state index is 0.113. The summed E-state index contributed by atoms with van der Waals surface area (Å²) in [5.41, 5.74) is 5.17. The van der Waals surface area contributed by atoms with Gasteiger partial charge in [-0.25, -0.2) is 4.98 Å². The Morgan fingerprint density at radius 2 is 1.95 bits per heavy atom. The van der Waals surface area contributed by atoms with Crippen molar-refractivity contribution in [2.24, 2.45) is 0 Å². The number of nitrogens with one attached hydrogen (secondary N) is 1. The fourth-order valence-corrected chi connectivity index (χ4v) is 3.22. The smallest absolute Gasteiger partial charge is 0.257 e. The van der Waals surface area contributed by atoms with E-state index >= 15 is 0 Å². The summed E-state index contributed by atoms with van der Waals surface area (Å²) < 4.78 is 1.11. The number of amides is 1. The second kappa shape index (κ2) is 5.89. The number of rotatable bonds is 3. The van der Waals surface area contributed by atoms with Crippen LogP contribution in [0.1, 0.15) is 34.0 Å². The summed E-state index contributed by atoms with van der Waals surface area (Å²) >= 11 is 1.51. The largest absolute Gasteiger partial charge is 0.298 e. The molecule has 1 heterocycles. The topological polar surface area (TPSA) is 42.0 Å². The van der Waals surface area contributed by atoms with Crippen LogP contribution in [0.4, 0.5) is 5.13 Å². The van der Waals surface area contributed by atoms with Crippen molar-refractivity contribution in [3.8, 4) is 0 Å². The zero-order chi connectivity index (χ0) is 15.7. The van der Waals surface area contributed by atoms with Crippen LogP contribution in [0.25, 0.3) is 10.2 Å². The van der Waals surface area contributed by atoms with E-state index in [1.54, 1.807) is 0 Å². The van der Waals surface area contributed by atoms with Crippen LogP contribution in [0, 0.1) is 13.8 Å². The van der Waals surface area contributed by atoms with E-state index in [2.05, 4.69) is 29.4 Å². The molecule has 1 N–H and O–H groups in total. The molecular weight excluding hydrogens is 292 g/mol. The third kappa shape index (κ3) is 2.88. The Labute approximate surface area is 134 Å². The number of fused-ring (bicyclic) bond motifs is 1. The van der Waals surface area contributed by atoms with Crippen molar-refractivity contribution < 1.29 is 4.79 Å². The summed E-state index contributed by atoms with van der Waals surface area (Å²) in [5, 5.41) is 3.55. The van der Waals surface area contributed by atoms with Crippen molar-refractivity contribution >= 4 is 32.6 Å². The number of thiazole rings is 1. The Kier molecular flexibility index (Phi) is 3.94. The molecule has 2 aromatic carbocycles. The zero-order valence-corrected chi connectivity index (χ0v) is 13.8. The van der Waals surface area contributed by atoms with E-state index in [0.29, 0.717) is 10.7 Å². The molecule has 1 amide bonds. The van der Waals surface area contributed by atoms with Crippen LogP contribution in [-0.2, 0) is 6.42 Å². The molecule has 0 saturated heterocycles. The molecule has 0 fully saturated rings. The third-order valence-corrected chi connectivity index (χ3v) is 4.78. The van der Waals surface area contributed by atoms with Gasteiger partial charge < -0.3 is 0 Å². The molecule has 0 bridgehead atoms. The van der Waals surface area contributed by atoms with Crippen molar-refractivity contribution in [3.63, 3.8) is 0 Å². The van der Waals surface area contributed by atoms with E-state index in [0.717, 1.165) is 22.2 Å². The van der Waals surface area contributed by atoms with Gasteiger partial charge in [0.1, 0.15) is 0 Å². The quantitative estimate of drug-likeness (QED) is 0.760. The first kappa shape index (κ1) is 14.7. The molecule has 3 nitrogen and oxygen atoms in total. The van der Waals surface area contributed by atoms with Gasteiger partial charge >= 0.3 is 0 Å². The molecule has 3 aromatic rings. The lowest BCUT2D eigenvalue weighted by Crippen LogP contribution is -2.11. The van der Waals surface area contributed by atoms with Crippen LogP contribution in [0.15, 0.2) is 36.4 Å². The van der Waals surface area contributed by atoms with Crippen molar-refractivity contribution in [1.29, 1.82) is 0 Å². The molecule has 0 atom stereocenters. The van der Waals surface area contributed by atoms with Gasteiger partial charge in [0, 0.05) is 5.56 Å². The van der Waals surface area contributed by atoms with Gasteiger partial charge in [-0.3, -0.25) is 10.1 Å². The maximum Gasteiger partial charge on any atom is 0.257 e. The lowest BCUT2D eigenvalue weighted by Gasteiger charge is -2.04. The normalized spacial score (nSPS) is 10.9. The number of carbonyl (C=O) groups excluding carboxylic acids is 1. The van der Waals surface area contributed by atoms with Crippen LogP contribution in [0.2, 0.25) is 0 Å². The van der Waals surface area contributed by atoms with Gasteiger partial charge in [0.05, 0.1) is 10.2 Å². The number of aryl methyl sites for hydroxylation is 3. The van der Waals surface area contributed by atoms with Crippen LogP contribution in [-0.4, -0.2) is 10.9 Å². The first-order valence-corrected chi connectivity index (χ1v) is 8.16. The van der Waals surface area contributed by atoms with Gasteiger partial charge in [0.2, 0.25) is 0 Å². The van der Waals surface area contributed by atoms with Crippen LogP contribution in [0.5, 0.6) is 0 Å². The van der Waals surface area contributed by atoms with E-state index in [1.165, 1.54) is 22.5 Å². The predicted molar refractivity (Wildman–Crippen MR) is 92.9 cm³/mol. The van der Waals surface area contributed by atoms with Gasteiger partial charge in [0.25, 0.3) is 5.91 Å². The lowest BCUT2D eigenvalue weighted by molar-refractivity contribution is 0.102. The fourth-order valence-electron chi connectivity index (χ4n) is 2.29. The Morgan fingerprint density at radius 1 is 1.14 bits per heavy atom. The van der Waals surface area contributed by atoms with Gasteiger partial charge in [0.15, 0.2) is 5.13 Å². The highest BCUT2D eigenvalue weighted by Crippen LogP contribution is 2.27. The van der Waals surface area contributed by atoms with Crippen LogP contribution in [0.3, 0.4) is 0 Å². The highest BCUT2D eigenvalue weighted by molar-refractivity contribution is 7.22. The third-order valence-electron chi connectivity index (χ3n) is 3.85. The van der Waals surface area contributed by atoms with E-state index < -0.39 is 0 Å². The standard InChI is InChI=1S/C18H18N2OS/c1-4-13-6-8-15-16(10-13)22-18(19-15)20-17(21)14-7-5-11(2)12(3)9-14/h5-10H,4H2,1-3H3,(H,19,20,21). The number of aromatic nitrogens is 1. The summed E-state index contributed by atoms with van der Waals surface area (Å²) in [5.74, 6) is -0.113. The monoisotopic (exact) mass is 310 g/mol. The second-order valence-corrected chi connectivity index (χ2v) is 6.46. The molecule has 1 aromatic heterocycles. The Balaban J connectivity index is 1.85. The predicted octanol–water partition coefficient (Wildman–Crippen LogP) is 4.73. The van der Waals surface area contributed by atoms with Gasteiger partial charge in [-0.2, -0.15) is 0 Å². The van der Waals surface area contributed by atoms with Crippen molar-refractivity contribution in [1.82, 2.24) is 4.98 Å². The molecule has 0 unspecified atom stereocenters. The number of carbonyl (C=O) groups is 1. The van der Waals surface area contributed by atoms with Crippen molar-refractivity contribution in [2.75, 3.05) is 5.32 Å². The summed E-state index contributed by atoms with van der Waals surface area (Å²) in [7, 11) is 0. The van der Waals surface area contributed by atoms with Gasteiger partial charge in [-0.15, -0.1) is 0 Å². The van der Waals surface area contributed by atoms with Gasteiger partial charge in [-0.1, -0.05) is 30.4 Å². The molecule has 112 valence electrons. The Morgan fingerprint density at radius 3 is 2.68 bits per heavy atom. The fraction of sp³-hybridized carbons (Fsp3) is 0.222. The van der Waals surface area contributed by atoms with E-state index in [9.17, 15) is 4.79 Å². The lowest BCUT2D eigenvalue weighted by atomic mass is 10.1. The van der Waals surface area contributed by atoms with Crippen molar-refractivity contribution in [2.45, 2.75) is 27.2 Å². The molecule has 0 spiro atoms. The number of hydrogen-bond donors (Lipinski definition) is 1. The SMILES string of the molecule is CCc1ccc2nc(NC(=O)c3ccc(C)c(C)c3)sc2c1. The molecule has 0 saturated carbocycles. The number of anilines is 1. The molecule has 0 aliphatic carbocycles. The molecule has 0 aliphatic heterocycles. The average molecular weight is 310 g/mol. The second-order valence-electron chi connectivity index (χ2n) is 5.43. The summed E-state index contributed by atoms with van der Waals surface area (Å²) in [6, 6.07) is 12.0. The number of nitrogens with zero attached hydrogens (tertiary/aromatic N) is 1. The molecule has 3 rings (SSSR count). The van der Waals surface area contributed by atoms with E-state index in [1.807, 2.05) is 38.1 Å². The summed E-state index contributed by atoms with van der Waals surface area (Å²) in [6.45, 7) is 6.18. The minimum atomic E-state index is -0.113. The summed E-state index contributed by atoms with van der Waals surface area (Å²) in [6.07, 6.45) is 0.998. The molecule has 4 heteroatoms. The summed E-state index contributed by atoms with van der Waals surface area (Å²) in [4.78, 5) is 16.8. The molecule has 0 radical (unpaired) electrons. The van der Waals surface area contributed by atoms with E-state index in [4.69, 9.17) is 0 Å². The van der Waals surface area contributed by atoms with Crippen LogP contribution < -0.4 is 5.32 Å². The highest BCUT2D eigenvalue weighted by Gasteiger charge is 2.11. The first-order chi connectivity index (χ1) is 10.6. The average Bonchev–Trinajstić information content (AvgIpc) is 2.90. The highest BCUT2D eigenvalue weighted by atomic mass is 32.1. The van der Waals surface area contributed by atoms with E-state index in [-0.39, 0.29) is 5.91 Å². The number of hydrogen-bond acceptors (Lipinski definition) is 3. The number of benzene rings is 2. The first-order valence-electron chi connectivity index (χ1n) is 7.35.